The van der Waals surface area contributed by atoms with Crippen molar-refractivity contribution in [2.45, 2.75) is 23.3 Å². The van der Waals surface area contributed by atoms with E-state index in [0.29, 0.717) is 25.1 Å². The van der Waals surface area contributed by atoms with E-state index in [-0.39, 0.29) is 23.9 Å². The van der Waals surface area contributed by atoms with E-state index in [1.165, 1.54) is 16.4 Å². The van der Waals surface area contributed by atoms with Crippen molar-refractivity contribution in [3.8, 4) is 6.07 Å². The van der Waals surface area contributed by atoms with Gasteiger partial charge in [0.1, 0.15) is 5.54 Å². The summed E-state index contributed by atoms with van der Waals surface area (Å²) in [5, 5.41) is 11.9. The van der Waals surface area contributed by atoms with Gasteiger partial charge in [0.25, 0.3) is 0 Å². The van der Waals surface area contributed by atoms with Crippen LogP contribution in [0.3, 0.4) is 0 Å². The lowest BCUT2D eigenvalue weighted by Crippen LogP contribution is -2.57. The molecular formula is C20H20N4O3S. The molecule has 2 heterocycles. The van der Waals surface area contributed by atoms with E-state index in [9.17, 15) is 13.2 Å². The maximum Gasteiger partial charge on any atom is 0.247 e. The summed E-state index contributed by atoms with van der Waals surface area (Å²) in [5.74, 6) is -0.0557. The van der Waals surface area contributed by atoms with Gasteiger partial charge in [0.15, 0.2) is 0 Å². The summed E-state index contributed by atoms with van der Waals surface area (Å²) in [5.41, 5.74) is 0.515. The largest absolute Gasteiger partial charge is 0.339 e. The Morgan fingerprint density at radius 2 is 1.75 bits per heavy atom. The Labute approximate surface area is 164 Å². The molecule has 0 saturated carbocycles. The van der Waals surface area contributed by atoms with Gasteiger partial charge >= 0.3 is 0 Å². The SMILES string of the molecule is N#Cc1cccc(S(=O)(=O)N2CCC3(CC2)C(=O)NCN3c2ccccc2)c1. The van der Waals surface area contributed by atoms with Crippen LogP contribution in [0.1, 0.15) is 18.4 Å². The van der Waals surface area contributed by atoms with Crippen molar-refractivity contribution < 1.29 is 13.2 Å². The number of carbonyl (C=O) groups is 1. The molecule has 28 heavy (non-hydrogen) atoms. The first-order valence-electron chi connectivity index (χ1n) is 9.09. The second-order valence-corrected chi connectivity index (χ2v) is 8.94. The zero-order valence-corrected chi connectivity index (χ0v) is 16.0. The number of nitriles is 1. The molecule has 7 nitrogen and oxygen atoms in total. The number of rotatable bonds is 3. The monoisotopic (exact) mass is 396 g/mol. The third-order valence-electron chi connectivity index (χ3n) is 5.56. The van der Waals surface area contributed by atoms with Gasteiger partial charge in [0.05, 0.1) is 23.2 Å². The van der Waals surface area contributed by atoms with Crippen LogP contribution in [0.4, 0.5) is 5.69 Å². The number of hydrogen-bond acceptors (Lipinski definition) is 5. The summed E-state index contributed by atoms with van der Waals surface area (Å²) in [7, 11) is -3.71. The van der Waals surface area contributed by atoms with Crippen molar-refractivity contribution in [2.24, 2.45) is 0 Å². The van der Waals surface area contributed by atoms with E-state index in [0.717, 1.165) is 5.69 Å². The molecule has 0 aliphatic carbocycles. The van der Waals surface area contributed by atoms with E-state index < -0.39 is 15.6 Å². The van der Waals surface area contributed by atoms with Crippen LogP contribution in [-0.4, -0.2) is 43.9 Å². The standard InChI is InChI=1S/C20H20N4O3S/c21-14-16-5-4-8-18(13-16)28(26,27)23-11-9-20(10-12-23)19(25)22-15-24(20)17-6-2-1-3-7-17/h1-8,13H,9-12,15H2,(H,22,25). The number of anilines is 1. The molecule has 2 aromatic carbocycles. The normalized spacial score (nSPS) is 19.4. The first-order valence-corrected chi connectivity index (χ1v) is 10.5. The summed E-state index contributed by atoms with van der Waals surface area (Å²) in [6.07, 6.45) is 0.815. The Hall–Kier alpha value is -2.89. The number of para-hydroxylation sites is 1. The third kappa shape index (κ3) is 2.93. The van der Waals surface area contributed by atoms with Gasteiger partial charge in [-0.05, 0) is 43.2 Å². The Balaban J connectivity index is 1.58. The lowest BCUT2D eigenvalue weighted by molar-refractivity contribution is -0.124. The zero-order chi connectivity index (χ0) is 19.8. The minimum Gasteiger partial charge on any atom is -0.339 e. The number of nitrogens with zero attached hydrogens (tertiary/aromatic N) is 3. The quantitative estimate of drug-likeness (QED) is 0.852. The molecule has 0 atom stereocenters. The predicted molar refractivity (Wildman–Crippen MR) is 104 cm³/mol. The average Bonchev–Trinajstić information content (AvgIpc) is 3.04. The van der Waals surface area contributed by atoms with Gasteiger partial charge in [-0.25, -0.2) is 8.42 Å². The molecule has 1 N–H and O–H groups in total. The second-order valence-electron chi connectivity index (χ2n) is 7.00. The highest BCUT2D eigenvalue weighted by molar-refractivity contribution is 7.89. The van der Waals surface area contributed by atoms with Crippen molar-refractivity contribution in [1.82, 2.24) is 9.62 Å². The van der Waals surface area contributed by atoms with Gasteiger partial charge in [-0.2, -0.15) is 9.57 Å². The summed E-state index contributed by atoms with van der Waals surface area (Å²) in [4.78, 5) is 14.8. The van der Waals surface area contributed by atoms with Crippen LogP contribution < -0.4 is 10.2 Å². The van der Waals surface area contributed by atoms with E-state index in [2.05, 4.69) is 5.32 Å². The maximum atomic E-state index is 13.0. The van der Waals surface area contributed by atoms with E-state index in [4.69, 9.17) is 5.26 Å². The number of piperidine rings is 1. The van der Waals surface area contributed by atoms with E-state index in [1.807, 2.05) is 41.3 Å². The molecule has 8 heteroatoms. The molecule has 2 aliphatic rings. The number of benzene rings is 2. The molecular weight excluding hydrogens is 376 g/mol. The summed E-state index contributed by atoms with van der Waals surface area (Å²) in [6.45, 7) is 0.908. The Morgan fingerprint density at radius 1 is 1.04 bits per heavy atom. The minimum atomic E-state index is -3.71. The van der Waals surface area contributed by atoms with Gasteiger partial charge in [0, 0.05) is 18.8 Å². The Kier molecular flexibility index (Phi) is 4.57. The van der Waals surface area contributed by atoms with Gasteiger partial charge in [-0.1, -0.05) is 24.3 Å². The number of nitrogens with one attached hydrogen (secondary N) is 1. The second kappa shape index (κ2) is 6.93. The van der Waals surface area contributed by atoms with Crippen LogP contribution in [-0.2, 0) is 14.8 Å². The van der Waals surface area contributed by atoms with Crippen molar-refractivity contribution in [1.29, 1.82) is 5.26 Å². The Morgan fingerprint density at radius 3 is 2.43 bits per heavy atom. The van der Waals surface area contributed by atoms with Crippen molar-refractivity contribution in [2.75, 3.05) is 24.7 Å². The van der Waals surface area contributed by atoms with Crippen LogP contribution in [0.5, 0.6) is 0 Å². The predicted octanol–water partition coefficient (Wildman–Crippen LogP) is 1.68. The Bertz CT molecular complexity index is 1040. The van der Waals surface area contributed by atoms with E-state index >= 15 is 0 Å². The lowest BCUT2D eigenvalue weighted by Gasteiger charge is -2.42. The fourth-order valence-electron chi connectivity index (χ4n) is 4.00. The molecule has 0 unspecified atom stereocenters. The molecule has 0 bridgehead atoms. The number of hydrogen-bond donors (Lipinski definition) is 1. The molecule has 0 aromatic heterocycles. The smallest absolute Gasteiger partial charge is 0.247 e. The minimum absolute atomic E-state index is 0.0557. The highest BCUT2D eigenvalue weighted by atomic mass is 32.2. The van der Waals surface area contributed by atoms with E-state index in [1.54, 1.807) is 12.1 Å². The molecule has 2 saturated heterocycles. The lowest BCUT2D eigenvalue weighted by atomic mass is 9.86. The van der Waals surface area contributed by atoms with Gasteiger partial charge in [-0.15, -0.1) is 0 Å². The highest BCUT2D eigenvalue weighted by Gasteiger charge is 2.51. The first-order chi connectivity index (χ1) is 13.5. The molecule has 1 spiro atoms. The summed E-state index contributed by atoms with van der Waals surface area (Å²) in [6, 6.07) is 17.7. The van der Waals surface area contributed by atoms with Crippen molar-refractivity contribution in [3.05, 3.63) is 60.2 Å². The van der Waals surface area contributed by atoms with Crippen LogP contribution in [0, 0.1) is 11.3 Å². The molecule has 1 amide bonds. The van der Waals surface area contributed by atoms with Crippen LogP contribution in [0.2, 0.25) is 0 Å². The molecule has 2 fully saturated rings. The van der Waals surface area contributed by atoms with Crippen molar-refractivity contribution >= 4 is 21.6 Å². The topological polar surface area (TPSA) is 93.5 Å². The van der Waals surface area contributed by atoms with Crippen LogP contribution >= 0.6 is 0 Å². The van der Waals surface area contributed by atoms with Gasteiger partial charge < -0.3 is 10.2 Å². The molecule has 144 valence electrons. The summed E-state index contributed by atoms with van der Waals surface area (Å²) < 4.78 is 27.4. The highest BCUT2D eigenvalue weighted by Crippen LogP contribution is 2.37. The summed E-state index contributed by atoms with van der Waals surface area (Å²) >= 11 is 0. The molecule has 4 rings (SSSR count). The molecule has 2 aliphatic heterocycles. The van der Waals surface area contributed by atoms with Crippen LogP contribution in [0.25, 0.3) is 0 Å². The third-order valence-corrected chi connectivity index (χ3v) is 7.45. The number of amides is 1. The average molecular weight is 396 g/mol. The number of sulfonamides is 1. The van der Waals surface area contributed by atoms with Crippen LogP contribution in [0.15, 0.2) is 59.5 Å². The number of carbonyl (C=O) groups excluding carboxylic acids is 1. The first kappa shape index (κ1) is 18.5. The fourth-order valence-corrected chi connectivity index (χ4v) is 5.49. The van der Waals surface area contributed by atoms with Gasteiger partial charge in [0.2, 0.25) is 15.9 Å². The fraction of sp³-hybridized carbons (Fsp3) is 0.300. The molecule has 0 radical (unpaired) electrons. The van der Waals surface area contributed by atoms with Crippen molar-refractivity contribution in [3.63, 3.8) is 0 Å². The van der Waals surface area contributed by atoms with Gasteiger partial charge in [-0.3, -0.25) is 4.79 Å². The maximum absolute atomic E-state index is 13.0. The molecule has 2 aromatic rings. The zero-order valence-electron chi connectivity index (χ0n) is 15.2.